The summed E-state index contributed by atoms with van der Waals surface area (Å²) in [6.07, 6.45) is 3.98. The molecule has 2 aromatic heterocycles. The molecule has 0 aliphatic carbocycles. The van der Waals surface area contributed by atoms with Crippen LogP contribution in [0, 0.1) is 5.82 Å². The molecule has 7 nitrogen and oxygen atoms in total. The fourth-order valence-corrected chi connectivity index (χ4v) is 3.17. The molecule has 1 saturated heterocycles. The van der Waals surface area contributed by atoms with E-state index in [-0.39, 0.29) is 6.10 Å². The average molecular weight is 368 g/mol. The highest BCUT2D eigenvalue weighted by Crippen LogP contribution is 2.28. The first kappa shape index (κ1) is 17.4. The van der Waals surface area contributed by atoms with E-state index in [1.165, 1.54) is 18.7 Å². The van der Waals surface area contributed by atoms with Crippen LogP contribution in [-0.2, 0) is 0 Å². The largest absolute Gasteiger partial charge is 0.474 e. The molecule has 1 aliphatic rings. The molecule has 0 amide bonds. The van der Waals surface area contributed by atoms with E-state index in [1.807, 2.05) is 19.9 Å². The van der Waals surface area contributed by atoms with Crippen molar-refractivity contribution in [3.8, 4) is 5.88 Å². The smallest absolute Gasteiger partial charge is 0.225 e. The van der Waals surface area contributed by atoms with Gasteiger partial charge in [0.05, 0.1) is 29.4 Å². The number of benzene rings is 1. The zero-order valence-corrected chi connectivity index (χ0v) is 15.3. The Balaban J connectivity index is 1.52. The molecule has 0 radical (unpaired) electrons. The molecule has 27 heavy (non-hydrogen) atoms. The van der Waals surface area contributed by atoms with Crippen molar-refractivity contribution < 1.29 is 9.13 Å². The second kappa shape index (κ2) is 7.30. The standard InChI is InChI=1S/C19H21FN6O/c1-13(2)27-18-16-9-15(3-4-17(16)23-12-24-18)25-5-7-26(8-6-25)19-21-10-14(20)11-22-19/h3-4,9-13H,5-8H2,1-2H3. The minimum atomic E-state index is -0.421. The summed E-state index contributed by atoms with van der Waals surface area (Å²) in [7, 11) is 0. The van der Waals surface area contributed by atoms with Crippen molar-refractivity contribution in [3.63, 3.8) is 0 Å². The van der Waals surface area contributed by atoms with Crippen molar-refractivity contribution in [2.24, 2.45) is 0 Å². The fraction of sp³-hybridized carbons (Fsp3) is 0.368. The summed E-state index contributed by atoms with van der Waals surface area (Å²) in [6, 6.07) is 6.14. The third-order valence-corrected chi connectivity index (χ3v) is 4.46. The van der Waals surface area contributed by atoms with Crippen molar-refractivity contribution >= 4 is 22.5 Å². The van der Waals surface area contributed by atoms with E-state index in [0.717, 1.165) is 42.8 Å². The van der Waals surface area contributed by atoms with Gasteiger partial charge in [-0.1, -0.05) is 0 Å². The maximum atomic E-state index is 13.0. The van der Waals surface area contributed by atoms with Gasteiger partial charge in [0.25, 0.3) is 0 Å². The Morgan fingerprint density at radius 2 is 1.67 bits per heavy atom. The molecule has 4 rings (SSSR count). The van der Waals surface area contributed by atoms with Gasteiger partial charge in [-0.2, -0.15) is 0 Å². The first-order valence-electron chi connectivity index (χ1n) is 8.99. The second-order valence-electron chi connectivity index (χ2n) is 6.72. The van der Waals surface area contributed by atoms with Crippen LogP contribution in [0.1, 0.15) is 13.8 Å². The van der Waals surface area contributed by atoms with E-state index in [2.05, 4.69) is 41.9 Å². The molecule has 8 heteroatoms. The number of nitrogens with zero attached hydrogens (tertiary/aromatic N) is 6. The molecule has 0 bridgehead atoms. The topological polar surface area (TPSA) is 67.3 Å². The Hall–Kier alpha value is -3.03. The molecular weight excluding hydrogens is 347 g/mol. The molecule has 0 spiro atoms. The molecule has 1 aromatic carbocycles. The lowest BCUT2D eigenvalue weighted by molar-refractivity contribution is 0.235. The number of ether oxygens (including phenoxy) is 1. The van der Waals surface area contributed by atoms with Crippen LogP contribution in [0.25, 0.3) is 10.9 Å². The van der Waals surface area contributed by atoms with Crippen LogP contribution in [0.15, 0.2) is 36.9 Å². The summed E-state index contributed by atoms with van der Waals surface area (Å²) >= 11 is 0. The summed E-state index contributed by atoms with van der Waals surface area (Å²) in [5.41, 5.74) is 1.97. The van der Waals surface area contributed by atoms with E-state index in [0.29, 0.717) is 11.8 Å². The van der Waals surface area contributed by atoms with E-state index < -0.39 is 5.82 Å². The molecule has 140 valence electrons. The number of hydrogen-bond donors (Lipinski definition) is 0. The van der Waals surface area contributed by atoms with Crippen molar-refractivity contribution in [3.05, 3.63) is 42.7 Å². The van der Waals surface area contributed by atoms with Gasteiger partial charge in [0, 0.05) is 31.9 Å². The minimum Gasteiger partial charge on any atom is -0.474 e. The van der Waals surface area contributed by atoms with Gasteiger partial charge in [-0.05, 0) is 32.0 Å². The van der Waals surface area contributed by atoms with Crippen molar-refractivity contribution in [1.82, 2.24) is 19.9 Å². The maximum Gasteiger partial charge on any atom is 0.225 e. The molecule has 0 unspecified atom stereocenters. The first-order chi connectivity index (χ1) is 13.1. The molecule has 1 aliphatic heterocycles. The maximum absolute atomic E-state index is 13.0. The van der Waals surface area contributed by atoms with Crippen LogP contribution in [-0.4, -0.2) is 52.2 Å². The number of anilines is 2. The van der Waals surface area contributed by atoms with Gasteiger partial charge >= 0.3 is 0 Å². The zero-order chi connectivity index (χ0) is 18.8. The van der Waals surface area contributed by atoms with Crippen molar-refractivity contribution in [2.45, 2.75) is 20.0 Å². The van der Waals surface area contributed by atoms with Crippen LogP contribution in [0.4, 0.5) is 16.0 Å². The normalized spacial score (nSPS) is 14.8. The molecule has 3 heterocycles. The van der Waals surface area contributed by atoms with Crippen LogP contribution in [0.5, 0.6) is 5.88 Å². The minimum absolute atomic E-state index is 0.0472. The Morgan fingerprint density at radius 1 is 0.963 bits per heavy atom. The lowest BCUT2D eigenvalue weighted by atomic mass is 10.2. The van der Waals surface area contributed by atoms with E-state index in [1.54, 1.807) is 0 Å². The van der Waals surface area contributed by atoms with Gasteiger partial charge in [0.2, 0.25) is 11.8 Å². The van der Waals surface area contributed by atoms with Crippen LogP contribution in [0.2, 0.25) is 0 Å². The van der Waals surface area contributed by atoms with Gasteiger partial charge < -0.3 is 14.5 Å². The summed E-state index contributed by atoms with van der Waals surface area (Å²) in [4.78, 5) is 21.1. The fourth-order valence-electron chi connectivity index (χ4n) is 3.17. The number of piperazine rings is 1. The lowest BCUT2D eigenvalue weighted by Crippen LogP contribution is -2.47. The quantitative estimate of drug-likeness (QED) is 0.701. The van der Waals surface area contributed by atoms with Crippen LogP contribution in [0.3, 0.4) is 0 Å². The Kier molecular flexibility index (Phi) is 4.70. The van der Waals surface area contributed by atoms with Gasteiger partial charge in [0.1, 0.15) is 6.33 Å². The first-order valence-corrected chi connectivity index (χ1v) is 8.99. The molecule has 1 fully saturated rings. The number of hydrogen-bond acceptors (Lipinski definition) is 7. The van der Waals surface area contributed by atoms with Crippen molar-refractivity contribution in [1.29, 1.82) is 0 Å². The van der Waals surface area contributed by atoms with Crippen LogP contribution >= 0.6 is 0 Å². The number of aromatic nitrogens is 4. The SMILES string of the molecule is CC(C)Oc1ncnc2ccc(N3CCN(c4ncc(F)cn4)CC3)cc12. The highest BCUT2D eigenvalue weighted by Gasteiger charge is 2.20. The Labute approximate surface area is 156 Å². The zero-order valence-electron chi connectivity index (χ0n) is 15.3. The predicted molar refractivity (Wildman–Crippen MR) is 102 cm³/mol. The summed E-state index contributed by atoms with van der Waals surface area (Å²) < 4.78 is 18.8. The molecule has 0 saturated carbocycles. The van der Waals surface area contributed by atoms with Crippen LogP contribution < -0.4 is 14.5 Å². The van der Waals surface area contributed by atoms with E-state index in [9.17, 15) is 4.39 Å². The predicted octanol–water partition coefficient (Wildman–Crippen LogP) is 2.67. The van der Waals surface area contributed by atoms with E-state index >= 15 is 0 Å². The van der Waals surface area contributed by atoms with Gasteiger partial charge in [-0.3, -0.25) is 0 Å². The van der Waals surface area contributed by atoms with Gasteiger partial charge in [0.15, 0.2) is 5.82 Å². The average Bonchev–Trinajstić information content (AvgIpc) is 2.68. The summed E-state index contributed by atoms with van der Waals surface area (Å²) in [5.74, 6) is 0.751. The summed E-state index contributed by atoms with van der Waals surface area (Å²) in [6.45, 7) is 7.14. The monoisotopic (exact) mass is 368 g/mol. The molecule has 3 aromatic rings. The molecule has 0 N–H and O–H groups in total. The lowest BCUT2D eigenvalue weighted by Gasteiger charge is -2.36. The number of halogens is 1. The Morgan fingerprint density at radius 3 is 2.37 bits per heavy atom. The summed E-state index contributed by atoms with van der Waals surface area (Å²) in [5, 5.41) is 0.910. The third-order valence-electron chi connectivity index (χ3n) is 4.46. The molecular formula is C19H21FN6O. The molecule has 0 atom stereocenters. The highest BCUT2D eigenvalue weighted by molar-refractivity contribution is 5.86. The Bertz CT molecular complexity index is 925. The number of fused-ring (bicyclic) bond motifs is 1. The third kappa shape index (κ3) is 3.74. The second-order valence-corrected chi connectivity index (χ2v) is 6.72. The number of rotatable bonds is 4. The highest BCUT2D eigenvalue weighted by atomic mass is 19.1. The van der Waals surface area contributed by atoms with Crippen molar-refractivity contribution in [2.75, 3.05) is 36.0 Å². The van der Waals surface area contributed by atoms with Gasteiger partial charge in [-0.25, -0.2) is 24.3 Å². The van der Waals surface area contributed by atoms with E-state index in [4.69, 9.17) is 4.74 Å². The van der Waals surface area contributed by atoms with Gasteiger partial charge in [-0.15, -0.1) is 0 Å².